The number of nitrogens with one attached hydrogen (secondary N) is 2. The van der Waals surface area contributed by atoms with Crippen molar-refractivity contribution in [2.75, 3.05) is 6.54 Å². The maximum Gasteiger partial charge on any atom is 0.306 e. The van der Waals surface area contributed by atoms with Crippen LogP contribution in [-0.4, -0.2) is 37.4 Å². The van der Waals surface area contributed by atoms with Gasteiger partial charge in [-0.25, -0.2) is 0 Å². The third kappa shape index (κ3) is 3.07. The van der Waals surface area contributed by atoms with E-state index in [1.54, 1.807) is 0 Å². The minimum absolute atomic E-state index is 0.0945. The summed E-state index contributed by atoms with van der Waals surface area (Å²) >= 11 is 5.72. The second-order valence-corrected chi connectivity index (χ2v) is 3.97. The molecule has 2 N–H and O–H groups in total. The normalized spacial score (nSPS) is 10.4. The van der Waals surface area contributed by atoms with Crippen LogP contribution >= 0.6 is 11.6 Å². The molecule has 2 aromatic heterocycles. The maximum absolute atomic E-state index is 11.6. The quantitative estimate of drug-likeness (QED) is 0.615. The third-order valence-electron chi connectivity index (χ3n) is 2.28. The standard InChI is InChI=1S/C9H9ClN6O3/c10-7-4-12-14-8(7)9(17)11-1-2-15-5-6(3-13-15)16(18)19/h3-5H,1-2H2,(H,11,17)(H,12,14). The molecular formula is C9H9ClN6O3. The molecule has 0 aliphatic rings. The van der Waals surface area contributed by atoms with Gasteiger partial charge in [-0.15, -0.1) is 0 Å². The number of aromatic amines is 1. The number of carbonyl (C=O) groups is 1. The molecule has 0 aliphatic carbocycles. The van der Waals surface area contributed by atoms with E-state index in [4.69, 9.17) is 11.6 Å². The molecule has 19 heavy (non-hydrogen) atoms. The molecule has 100 valence electrons. The Labute approximate surface area is 111 Å². The molecule has 10 heteroatoms. The van der Waals surface area contributed by atoms with E-state index in [2.05, 4.69) is 20.6 Å². The minimum Gasteiger partial charge on any atom is -0.349 e. The summed E-state index contributed by atoms with van der Waals surface area (Å²) in [6, 6.07) is 0. The number of hydrogen-bond acceptors (Lipinski definition) is 5. The van der Waals surface area contributed by atoms with E-state index < -0.39 is 10.8 Å². The van der Waals surface area contributed by atoms with Crippen LogP contribution < -0.4 is 5.32 Å². The predicted molar refractivity (Wildman–Crippen MR) is 64.8 cm³/mol. The van der Waals surface area contributed by atoms with Gasteiger partial charge in [-0.05, 0) is 0 Å². The van der Waals surface area contributed by atoms with Crippen molar-refractivity contribution in [3.8, 4) is 0 Å². The Morgan fingerprint density at radius 3 is 2.95 bits per heavy atom. The van der Waals surface area contributed by atoms with Gasteiger partial charge in [0.05, 0.1) is 22.7 Å². The molecule has 0 bridgehead atoms. The lowest BCUT2D eigenvalue weighted by Gasteiger charge is -2.03. The SMILES string of the molecule is O=C(NCCn1cc([N+](=O)[O-])cn1)c1[nH]ncc1Cl. The number of aromatic nitrogens is 4. The number of nitrogens with zero attached hydrogens (tertiary/aromatic N) is 4. The summed E-state index contributed by atoms with van der Waals surface area (Å²) in [6.07, 6.45) is 3.76. The van der Waals surface area contributed by atoms with E-state index in [9.17, 15) is 14.9 Å². The molecule has 0 radical (unpaired) electrons. The summed E-state index contributed by atoms with van der Waals surface area (Å²) in [5, 5.41) is 23.1. The van der Waals surface area contributed by atoms with Crippen LogP contribution in [0.15, 0.2) is 18.6 Å². The highest BCUT2D eigenvalue weighted by atomic mass is 35.5. The first-order valence-corrected chi connectivity index (χ1v) is 5.59. The van der Waals surface area contributed by atoms with Gasteiger partial charge in [0.25, 0.3) is 5.91 Å². The van der Waals surface area contributed by atoms with Gasteiger partial charge >= 0.3 is 5.69 Å². The molecule has 2 rings (SSSR count). The van der Waals surface area contributed by atoms with E-state index in [1.807, 2.05) is 0 Å². The number of H-pyrrole nitrogens is 1. The lowest BCUT2D eigenvalue weighted by molar-refractivity contribution is -0.385. The van der Waals surface area contributed by atoms with Crippen molar-refractivity contribution in [3.05, 3.63) is 39.4 Å². The Morgan fingerprint density at radius 1 is 1.58 bits per heavy atom. The molecule has 0 spiro atoms. The van der Waals surface area contributed by atoms with Crippen LogP contribution in [0.4, 0.5) is 5.69 Å². The predicted octanol–water partition coefficient (Wildman–Crippen LogP) is 0.598. The van der Waals surface area contributed by atoms with E-state index in [1.165, 1.54) is 17.1 Å². The van der Waals surface area contributed by atoms with Crippen molar-refractivity contribution in [2.24, 2.45) is 0 Å². The highest BCUT2D eigenvalue weighted by Gasteiger charge is 2.12. The molecule has 0 fully saturated rings. The van der Waals surface area contributed by atoms with Gasteiger partial charge in [0.1, 0.15) is 18.1 Å². The molecular weight excluding hydrogens is 276 g/mol. The van der Waals surface area contributed by atoms with Gasteiger partial charge in [-0.2, -0.15) is 10.2 Å². The van der Waals surface area contributed by atoms with Crippen molar-refractivity contribution in [2.45, 2.75) is 6.54 Å². The largest absolute Gasteiger partial charge is 0.349 e. The van der Waals surface area contributed by atoms with Crippen molar-refractivity contribution in [3.63, 3.8) is 0 Å². The Hall–Kier alpha value is -2.42. The molecule has 1 amide bonds. The number of rotatable bonds is 5. The number of hydrogen-bond donors (Lipinski definition) is 2. The number of carbonyl (C=O) groups excluding carboxylic acids is 1. The Bertz CT molecular complexity index is 607. The average molecular weight is 285 g/mol. The Morgan fingerprint density at radius 2 is 2.37 bits per heavy atom. The lowest BCUT2D eigenvalue weighted by Crippen LogP contribution is -2.27. The molecule has 9 nitrogen and oxygen atoms in total. The summed E-state index contributed by atoms with van der Waals surface area (Å²) in [7, 11) is 0. The van der Waals surface area contributed by atoms with Gasteiger partial charge in [0.15, 0.2) is 0 Å². The monoisotopic (exact) mass is 284 g/mol. The van der Waals surface area contributed by atoms with Gasteiger partial charge < -0.3 is 5.32 Å². The Balaban J connectivity index is 1.85. The molecule has 2 heterocycles. The van der Waals surface area contributed by atoms with Crippen molar-refractivity contribution in [1.29, 1.82) is 0 Å². The second-order valence-electron chi connectivity index (χ2n) is 3.57. The van der Waals surface area contributed by atoms with Gasteiger partial charge in [0.2, 0.25) is 0 Å². The Kier molecular flexibility index (Phi) is 3.76. The molecule has 2 aromatic rings. The van der Waals surface area contributed by atoms with Crippen LogP contribution in [0.5, 0.6) is 0 Å². The number of amides is 1. The first kappa shape index (κ1) is 13.0. The maximum atomic E-state index is 11.6. The molecule has 0 saturated carbocycles. The van der Waals surface area contributed by atoms with E-state index >= 15 is 0 Å². The van der Waals surface area contributed by atoms with E-state index in [0.717, 1.165) is 6.20 Å². The fourth-order valence-electron chi connectivity index (χ4n) is 1.37. The first-order chi connectivity index (χ1) is 9.08. The van der Waals surface area contributed by atoms with Gasteiger partial charge in [-0.1, -0.05) is 11.6 Å². The van der Waals surface area contributed by atoms with Crippen LogP contribution in [0, 0.1) is 10.1 Å². The van der Waals surface area contributed by atoms with Gasteiger partial charge in [-0.3, -0.25) is 24.7 Å². The van der Waals surface area contributed by atoms with E-state index in [-0.39, 0.29) is 22.9 Å². The van der Waals surface area contributed by atoms with Crippen molar-refractivity contribution in [1.82, 2.24) is 25.3 Å². The molecule has 0 aliphatic heterocycles. The zero-order valence-corrected chi connectivity index (χ0v) is 10.3. The van der Waals surface area contributed by atoms with Crippen LogP contribution in [0.1, 0.15) is 10.5 Å². The highest BCUT2D eigenvalue weighted by Crippen LogP contribution is 2.10. The fraction of sp³-hybridized carbons (Fsp3) is 0.222. The van der Waals surface area contributed by atoms with Crippen LogP contribution in [-0.2, 0) is 6.54 Å². The third-order valence-corrected chi connectivity index (χ3v) is 2.56. The van der Waals surface area contributed by atoms with Crippen LogP contribution in [0.25, 0.3) is 0 Å². The minimum atomic E-state index is -0.535. The molecule has 0 aromatic carbocycles. The fourth-order valence-corrected chi connectivity index (χ4v) is 1.55. The summed E-state index contributed by atoms with van der Waals surface area (Å²) in [5.41, 5.74) is 0.0797. The molecule has 0 unspecified atom stereocenters. The number of nitro groups is 1. The second kappa shape index (κ2) is 5.48. The summed E-state index contributed by atoms with van der Waals surface area (Å²) < 4.78 is 1.37. The summed E-state index contributed by atoms with van der Waals surface area (Å²) in [4.78, 5) is 21.5. The zero-order chi connectivity index (χ0) is 13.8. The van der Waals surface area contributed by atoms with Crippen LogP contribution in [0.3, 0.4) is 0 Å². The smallest absolute Gasteiger partial charge is 0.306 e. The van der Waals surface area contributed by atoms with Crippen LogP contribution in [0.2, 0.25) is 5.02 Å². The van der Waals surface area contributed by atoms with E-state index in [0.29, 0.717) is 6.54 Å². The average Bonchev–Trinajstić information content (AvgIpc) is 2.97. The van der Waals surface area contributed by atoms with Crippen molar-refractivity contribution < 1.29 is 9.72 Å². The van der Waals surface area contributed by atoms with Gasteiger partial charge in [0, 0.05) is 6.54 Å². The first-order valence-electron chi connectivity index (χ1n) is 5.22. The van der Waals surface area contributed by atoms with Crippen molar-refractivity contribution >= 4 is 23.2 Å². The summed E-state index contributed by atoms with van der Waals surface area (Å²) in [5.74, 6) is -0.399. The number of halogens is 1. The topological polar surface area (TPSA) is 119 Å². The highest BCUT2D eigenvalue weighted by molar-refractivity contribution is 6.33. The molecule has 0 saturated heterocycles. The summed E-state index contributed by atoms with van der Waals surface area (Å²) in [6.45, 7) is 0.568. The lowest BCUT2D eigenvalue weighted by atomic mass is 10.4. The zero-order valence-electron chi connectivity index (χ0n) is 9.54. The molecule has 0 atom stereocenters.